The van der Waals surface area contributed by atoms with Crippen LogP contribution < -0.4 is 41.3 Å². The predicted octanol–water partition coefficient (Wildman–Crippen LogP) is 25.8. The Labute approximate surface area is 836 Å². The van der Waals surface area contributed by atoms with Gasteiger partial charge in [0.1, 0.15) is 0 Å². The fourth-order valence-corrected chi connectivity index (χ4v) is 20.1. The maximum Gasteiger partial charge on any atom is 2.00 e. The van der Waals surface area contributed by atoms with E-state index in [1.165, 1.54) is 11.1 Å². The summed E-state index contributed by atoms with van der Waals surface area (Å²) < 4.78 is 14.8. The molecule has 14 heteroatoms. The molecule has 0 N–H and O–H groups in total. The van der Waals surface area contributed by atoms with Gasteiger partial charge in [-0.15, -0.1) is 44.2 Å². The van der Waals surface area contributed by atoms with Crippen LogP contribution in [0.4, 0.5) is 0 Å². The molecule has 16 bridgehead atoms. The number of fused-ring (bicyclic) bond motifs is 18. The van der Waals surface area contributed by atoms with Crippen molar-refractivity contribution in [1.82, 2.24) is 19.9 Å². The summed E-state index contributed by atoms with van der Waals surface area (Å²) in [6.07, 6.45) is 8.47. The number of nitrogens with zero attached hydrogens (tertiary/aromatic N) is 8. The van der Waals surface area contributed by atoms with Gasteiger partial charge in [-0.3, -0.25) is 0 Å². The van der Waals surface area contributed by atoms with E-state index >= 15 is 9.59 Å². The Kier molecular flexibility index (Phi) is 23.1. The van der Waals surface area contributed by atoms with E-state index in [1.807, 2.05) is 48.5 Å². The number of hydrogen-bond donors (Lipinski definition) is 0. The average molecular weight is 1910 g/mol. The Bertz CT molecular complexity index is 8170. The van der Waals surface area contributed by atoms with E-state index in [0.29, 0.717) is 134 Å². The van der Waals surface area contributed by atoms with E-state index in [2.05, 4.69) is 367 Å². The third kappa shape index (κ3) is 16.4. The number of aliphatic imine (C=N–C) groups is 2. The van der Waals surface area contributed by atoms with Gasteiger partial charge in [0, 0.05) is 11.1 Å². The van der Waals surface area contributed by atoms with Crippen LogP contribution in [0.15, 0.2) is 347 Å². The number of rotatable bonds is 11. The zero-order valence-electron chi connectivity index (χ0n) is 81.9. The van der Waals surface area contributed by atoms with Gasteiger partial charge in [-0.25, -0.2) is 29.6 Å². The van der Waals surface area contributed by atoms with Crippen LogP contribution in [0.5, 0.6) is 0 Å². The molecule has 0 fully saturated rings. The quantitative estimate of drug-likeness (QED) is 0.0914. The topological polar surface area (TPSA) is 158 Å². The summed E-state index contributed by atoms with van der Waals surface area (Å²) in [5, 5.41) is 8.88. The third-order valence-corrected chi connectivity index (χ3v) is 27.7. The van der Waals surface area contributed by atoms with Crippen LogP contribution >= 0.6 is 0 Å². The van der Waals surface area contributed by atoms with Gasteiger partial charge in [-0.2, -0.15) is 0 Å². The Morgan fingerprint density at radius 2 is 0.557 bits per heavy atom. The van der Waals surface area contributed by atoms with Gasteiger partial charge >= 0.3 is 44.9 Å². The summed E-state index contributed by atoms with van der Waals surface area (Å²) in [7, 11) is 0. The third-order valence-electron chi connectivity index (χ3n) is 27.7. The van der Waals surface area contributed by atoms with Crippen LogP contribution in [0.3, 0.4) is 0 Å². The molecule has 0 unspecified atom stereocenters. The molecule has 0 atom stereocenters. The van der Waals surface area contributed by atoms with Gasteiger partial charge < -0.3 is 29.4 Å². The van der Waals surface area contributed by atoms with E-state index in [9.17, 15) is 0 Å². The van der Waals surface area contributed by atoms with Crippen LogP contribution in [0, 0.1) is 21.1 Å². The van der Waals surface area contributed by atoms with Crippen LogP contribution in [-0.2, 0) is 74.9 Å². The predicted molar refractivity (Wildman–Crippen MR) is 559 cm³/mol. The van der Waals surface area contributed by atoms with Gasteiger partial charge in [0.25, 0.3) is 0 Å². The van der Waals surface area contributed by atoms with E-state index < -0.39 is 11.9 Å². The minimum atomic E-state index is -0.594. The van der Waals surface area contributed by atoms with Crippen LogP contribution in [0.2, 0.25) is 0 Å². The van der Waals surface area contributed by atoms with Crippen molar-refractivity contribution in [3.8, 4) is 33.4 Å². The molecule has 0 saturated heterocycles. The molecule has 6 aliphatic heterocycles. The monoisotopic (exact) mass is 1910 g/mol. The van der Waals surface area contributed by atoms with Crippen LogP contribution in [0.1, 0.15) is 235 Å². The summed E-state index contributed by atoms with van der Waals surface area (Å²) in [4.78, 5) is 80.6. The van der Waals surface area contributed by atoms with Gasteiger partial charge in [-0.1, -0.05) is 379 Å². The van der Waals surface area contributed by atoms with E-state index in [0.717, 1.165) is 110 Å². The summed E-state index contributed by atoms with van der Waals surface area (Å²) >= 11 is 0. The molecule has 0 spiro atoms. The van der Waals surface area contributed by atoms with Crippen molar-refractivity contribution >= 4 is 90.1 Å². The Morgan fingerprint density at radius 1 is 0.264 bits per heavy atom. The second-order valence-corrected chi connectivity index (χ2v) is 43.3. The second kappa shape index (κ2) is 34.7. The minimum Gasteiger partial charge on any atom is -0.657 e. The first-order valence-electron chi connectivity index (χ1n) is 47.8. The summed E-state index contributed by atoms with van der Waals surface area (Å²) in [6.45, 7) is 40.2. The maximum absolute atomic E-state index is 16.0. The van der Waals surface area contributed by atoms with Crippen LogP contribution in [-0.4, -0.2) is 23.4 Å². The Morgan fingerprint density at radius 3 is 0.871 bits per heavy atom. The summed E-state index contributed by atoms with van der Waals surface area (Å²) in [5.41, 5.74) is 23.1. The maximum atomic E-state index is 16.0. The minimum absolute atomic E-state index is 0. The van der Waals surface area contributed by atoms with Crippen LogP contribution in [0.25, 0.3) is 100 Å². The molecule has 12 nitrogen and oxygen atoms in total. The fraction of sp³-hybridized carbons (Fsp3) is 0.190. The first kappa shape index (κ1) is 93.0. The molecule has 6 aliphatic rings. The van der Waals surface area contributed by atoms with Gasteiger partial charge in [-0.05, 0) is 225 Å². The number of esters is 2. The summed E-state index contributed by atoms with van der Waals surface area (Å²) in [6, 6.07) is 101. The van der Waals surface area contributed by atoms with Crippen molar-refractivity contribution < 1.29 is 52.0 Å². The zero-order valence-corrected chi connectivity index (χ0v) is 83.8. The molecule has 0 amide bonds. The first-order chi connectivity index (χ1) is 66.0. The number of carbonyl (C=O) groups is 2. The molecule has 0 radical (unpaired) electrons. The molecule has 22 rings (SSSR count). The van der Waals surface area contributed by atoms with E-state index in [1.54, 1.807) is 24.3 Å². The first-order valence-corrected chi connectivity index (χ1v) is 47.8. The van der Waals surface area contributed by atoms with E-state index in [4.69, 9.17) is 49.4 Å². The normalized spacial score (nSPS) is 14.4. The van der Waals surface area contributed by atoms with Crippen molar-refractivity contribution in [1.29, 1.82) is 0 Å². The van der Waals surface area contributed by atoms with Crippen molar-refractivity contribution in [2.75, 3.05) is 0 Å². The molecule has 12 aromatic carbocycles. The number of ether oxygens (including phenoxy) is 2. The molecular weight excluding hydrogens is 1810 g/mol. The number of hydrogen-bond acceptors (Lipinski definition) is 8. The molecule has 16 aromatic rings. The number of aromatic nitrogens is 4. The standard InChI is InChI=1S/C126H106N8O4.2Ni/c1-121(2,3)79-47-39-73(40-48-79)103-91-59-63-95(127-91)105(75-43-51-81(52-44-75)123(7,8)9)111-89(69-99(131-111)113-117(137-119(135)77-35-27-21-28-36-77)109-101(71-31-23-19-24-32-71)87-67-83(125(13,14)15)55-57-85(87)107(115(109)133-113)97-65-61-93(103)129-97)90-70-100-114-118(138-120(136)78-37-29-22-30-38-78)110-102(72-33-25-20-26-34-72)88-68-84(126(16,17)18)56-58-86(88)108(116(110)134-114)98-66-62-94(130-98)104(74-41-49-80(50-42-74)122(4,5)6)92-60-64-96(128-92)106(112(90)132-100)76-45-53-82(54-46-76)124(10,11)12;;/h19-70H,1-18H3;;/q-4;2*+2. The number of benzene rings is 12. The molecular formula is C126H106N8Ni2O4. The summed E-state index contributed by atoms with van der Waals surface area (Å²) in [5.74, 6) is -0.789. The molecule has 140 heavy (non-hydrogen) atoms. The Balaban J connectivity index is 0.00000602. The smallest absolute Gasteiger partial charge is 0.657 e. The average Bonchev–Trinajstić information content (AvgIpc) is 1.53. The van der Waals surface area contributed by atoms with Crippen molar-refractivity contribution in [2.45, 2.75) is 157 Å². The molecule has 10 heterocycles. The van der Waals surface area contributed by atoms with E-state index in [-0.39, 0.29) is 77.0 Å². The Hall–Kier alpha value is -14.7. The second-order valence-electron chi connectivity index (χ2n) is 43.3. The molecule has 0 saturated carbocycles. The van der Waals surface area contributed by atoms with Crippen molar-refractivity contribution in [3.05, 3.63) is 470 Å². The zero-order chi connectivity index (χ0) is 95.7. The molecule has 0 aliphatic carbocycles. The van der Waals surface area contributed by atoms with Gasteiger partial charge in [0.15, 0.2) is 11.5 Å². The largest absolute Gasteiger partial charge is 2.00 e. The number of allylic oxidation sites excluding steroid dienone is 4. The molecule has 4 aromatic heterocycles. The van der Waals surface area contributed by atoms with Gasteiger partial charge in [0.2, 0.25) is 0 Å². The molecule has 694 valence electrons. The fourth-order valence-electron chi connectivity index (χ4n) is 20.1. The van der Waals surface area contributed by atoms with Gasteiger partial charge in [0.05, 0.1) is 67.2 Å². The number of carbonyl (C=O) groups excluding carboxylic acids is 2. The van der Waals surface area contributed by atoms with Crippen molar-refractivity contribution in [2.24, 2.45) is 20.0 Å². The van der Waals surface area contributed by atoms with Crippen molar-refractivity contribution in [3.63, 3.8) is 0 Å². The SMILES string of the molecule is CC(C)(C)c1ccc(C2=C3C=CC(=N3)C(c3ccc(C(C)(C)C)cc3)=c3ccc([n-]3)=c3c4c(c(-c5ccccc5)c5cc(C(C)(C)C)ccc35)C(OC(=O)c3ccccc3)=C(N=4)c3cc(-c4cc5[n-]c4C(c4ccc(C(C)(C)C)cc4)=C4C=CC(=N4)C(c4ccc(C(C)(C)C)cc4)=c4ccc([n-]4)=c4c6c(c(-c7ccccc7)c7cc(C(C)(C)C)ccc47)C(OC(=O)c4ccccc4)=C5N=6)c2[n-]3)cc1.[Ni+2].[Ni+2].